The van der Waals surface area contributed by atoms with E-state index in [0.717, 1.165) is 22.9 Å². The highest BCUT2D eigenvalue weighted by molar-refractivity contribution is 7.99. The van der Waals surface area contributed by atoms with Crippen LogP contribution < -0.4 is 0 Å². The van der Waals surface area contributed by atoms with E-state index in [-0.39, 0.29) is 4.75 Å². The number of hydrogen-bond donors (Lipinski definition) is 1. The molecular weight excluding hydrogens is 266 g/mol. The average Bonchev–Trinajstić information content (AvgIpc) is 2.56. The number of nitrogens with zero attached hydrogens (tertiary/aromatic N) is 1. The van der Waals surface area contributed by atoms with Gasteiger partial charge in [0, 0.05) is 10.5 Å². The molecule has 102 valence electrons. The molecular formula is C13H21NO2S2. The Bertz CT molecular complexity index is 419. The largest absolute Gasteiger partial charge is 0.477 e. The quantitative estimate of drug-likeness (QED) is 0.887. The summed E-state index contributed by atoms with van der Waals surface area (Å²) >= 11 is 3.11. The highest BCUT2D eigenvalue weighted by Gasteiger charge is 2.19. The van der Waals surface area contributed by atoms with Gasteiger partial charge in [0.1, 0.15) is 9.88 Å². The molecule has 1 aromatic heterocycles. The van der Waals surface area contributed by atoms with Gasteiger partial charge in [0.25, 0.3) is 0 Å². The molecule has 1 rings (SSSR count). The second-order valence-electron chi connectivity index (χ2n) is 5.69. The van der Waals surface area contributed by atoms with Gasteiger partial charge < -0.3 is 5.11 Å². The zero-order valence-electron chi connectivity index (χ0n) is 11.6. The summed E-state index contributed by atoms with van der Waals surface area (Å²) in [4.78, 5) is 16.1. The van der Waals surface area contributed by atoms with Crippen molar-refractivity contribution in [1.29, 1.82) is 0 Å². The van der Waals surface area contributed by atoms with Gasteiger partial charge in [-0.1, -0.05) is 34.6 Å². The molecule has 0 radical (unpaired) electrons. The van der Waals surface area contributed by atoms with Gasteiger partial charge in [0.15, 0.2) is 0 Å². The van der Waals surface area contributed by atoms with Crippen molar-refractivity contribution < 1.29 is 9.90 Å². The molecule has 18 heavy (non-hydrogen) atoms. The lowest BCUT2D eigenvalue weighted by Crippen LogP contribution is -2.07. The number of thioether (sulfide) groups is 1. The Balaban J connectivity index is 2.85. The lowest BCUT2D eigenvalue weighted by atomic mass is 10.1. The molecule has 5 heteroatoms. The Labute approximate surface area is 117 Å². The van der Waals surface area contributed by atoms with Crippen molar-refractivity contribution in [2.75, 3.05) is 0 Å². The second kappa shape index (κ2) is 6.06. The maximum atomic E-state index is 11.2. The number of aromatic carboxylic acids is 1. The molecule has 0 aliphatic carbocycles. The number of carboxylic acid groups (broad SMARTS) is 1. The second-order valence-corrected chi connectivity index (χ2v) is 8.57. The van der Waals surface area contributed by atoms with Crippen LogP contribution in [0, 0.1) is 5.92 Å². The summed E-state index contributed by atoms with van der Waals surface area (Å²) in [5.74, 6) is 0.357. The Hall–Kier alpha value is -0.550. The van der Waals surface area contributed by atoms with Crippen LogP contribution in [0.15, 0.2) is 0 Å². The summed E-state index contributed by atoms with van der Waals surface area (Å²) in [6.45, 7) is 10.6. The van der Waals surface area contributed by atoms with Crippen LogP contribution in [0.3, 0.4) is 0 Å². The number of aromatic nitrogens is 1. The molecule has 1 N–H and O–H groups in total. The molecule has 0 aliphatic rings. The predicted molar refractivity (Wildman–Crippen MR) is 78.7 cm³/mol. The zero-order chi connectivity index (χ0) is 13.9. The average molecular weight is 287 g/mol. The highest BCUT2D eigenvalue weighted by atomic mass is 32.2. The van der Waals surface area contributed by atoms with Gasteiger partial charge >= 0.3 is 5.97 Å². The molecule has 0 aromatic carbocycles. The fourth-order valence-electron chi connectivity index (χ4n) is 1.43. The van der Waals surface area contributed by atoms with Gasteiger partial charge in [0.2, 0.25) is 0 Å². The van der Waals surface area contributed by atoms with Crippen molar-refractivity contribution in [2.24, 2.45) is 5.92 Å². The van der Waals surface area contributed by atoms with E-state index in [4.69, 9.17) is 0 Å². The standard InChI is InChI=1S/C13H21NO2S2/c1-8(2)6-9-11(12(15)16)18-10(14-9)7-17-13(3,4)5/h8H,6-7H2,1-5H3,(H,15,16). The molecule has 0 unspecified atom stereocenters. The number of carboxylic acids is 1. The maximum absolute atomic E-state index is 11.2. The molecule has 0 bridgehead atoms. The van der Waals surface area contributed by atoms with Crippen molar-refractivity contribution in [1.82, 2.24) is 4.98 Å². The normalized spacial score (nSPS) is 12.1. The molecule has 0 aliphatic heterocycles. The van der Waals surface area contributed by atoms with Gasteiger partial charge in [-0.3, -0.25) is 0 Å². The third-order valence-corrected chi connectivity index (χ3v) is 4.72. The number of rotatable bonds is 5. The monoisotopic (exact) mass is 287 g/mol. The van der Waals surface area contributed by atoms with E-state index in [0.29, 0.717) is 10.8 Å². The SMILES string of the molecule is CC(C)Cc1nc(CSC(C)(C)C)sc1C(=O)O. The summed E-state index contributed by atoms with van der Waals surface area (Å²) in [6.07, 6.45) is 0.734. The fraction of sp³-hybridized carbons (Fsp3) is 0.692. The Morgan fingerprint density at radius 2 is 2.06 bits per heavy atom. The Kier molecular flexibility index (Phi) is 5.22. The Morgan fingerprint density at radius 1 is 1.44 bits per heavy atom. The minimum atomic E-state index is -0.852. The molecule has 1 aromatic rings. The third-order valence-electron chi connectivity index (χ3n) is 2.17. The third kappa shape index (κ3) is 4.98. The minimum absolute atomic E-state index is 0.174. The minimum Gasteiger partial charge on any atom is -0.477 e. The molecule has 0 saturated heterocycles. The molecule has 0 saturated carbocycles. The van der Waals surface area contributed by atoms with E-state index in [1.54, 1.807) is 11.8 Å². The van der Waals surface area contributed by atoms with E-state index >= 15 is 0 Å². The molecule has 0 spiro atoms. The number of thiazole rings is 1. The van der Waals surface area contributed by atoms with Crippen LogP contribution in [0.4, 0.5) is 0 Å². The molecule has 0 amide bonds. The summed E-state index contributed by atoms with van der Waals surface area (Å²) in [6, 6.07) is 0. The summed E-state index contributed by atoms with van der Waals surface area (Å²) in [5, 5.41) is 10.1. The zero-order valence-corrected chi connectivity index (χ0v) is 13.2. The van der Waals surface area contributed by atoms with Crippen LogP contribution in [0.25, 0.3) is 0 Å². The van der Waals surface area contributed by atoms with Crippen LogP contribution in [0.2, 0.25) is 0 Å². The molecule has 0 fully saturated rings. The number of hydrogen-bond acceptors (Lipinski definition) is 4. The lowest BCUT2D eigenvalue weighted by Gasteiger charge is -2.16. The molecule has 1 heterocycles. The molecule has 3 nitrogen and oxygen atoms in total. The first kappa shape index (κ1) is 15.5. The van der Waals surface area contributed by atoms with Crippen molar-refractivity contribution in [3.63, 3.8) is 0 Å². The van der Waals surface area contributed by atoms with Crippen LogP contribution in [0.1, 0.15) is 55.0 Å². The van der Waals surface area contributed by atoms with E-state index in [2.05, 4.69) is 39.6 Å². The maximum Gasteiger partial charge on any atom is 0.347 e. The van der Waals surface area contributed by atoms with Crippen molar-refractivity contribution in [2.45, 2.75) is 51.5 Å². The summed E-state index contributed by atoms with van der Waals surface area (Å²) < 4.78 is 0.174. The first-order valence-electron chi connectivity index (χ1n) is 6.05. The van der Waals surface area contributed by atoms with Gasteiger partial charge in [-0.15, -0.1) is 23.1 Å². The summed E-state index contributed by atoms with van der Waals surface area (Å²) in [7, 11) is 0. The van der Waals surface area contributed by atoms with Crippen LogP contribution in [-0.4, -0.2) is 20.8 Å². The topological polar surface area (TPSA) is 50.2 Å². The van der Waals surface area contributed by atoms with E-state index in [1.165, 1.54) is 11.3 Å². The van der Waals surface area contributed by atoms with Gasteiger partial charge in [0.05, 0.1) is 5.69 Å². The van der Waals surface area contributed by atoms with Crippen LogP contribution in [-0.2, 0) is 12.2 Å². The predicted octanol–water partition coefficient (Wildman–Crippen LogP) is 4.07. The fourth-order valence-corrected chi connectivity index (χ4v) is 3.19. The van der Waals surface area contributed by atoms with Crippen LogP contribution >= 0.6 is 23.1 Å². The van der Waals surface area contributed by atoms with Gasteiger partial charge in [-0.25, -0.2) is 9.78 Å². The van der Waals surface area contributed by atoms with E-state index in [9.17, 15) is 9.90 Å². The van der Waals surface area contributed by atoms with Crippen molar-refractivity contribution in [3.8, 4) is 0 Å². The first-order valence-corrected chi connectivity index (χ1v) is 7.85. The van der Waals surface area contributed by atoms with E-state index in [1.807, 2.05) is 0 Å². The smallest absolute Gasteiger partial charge is 0.347 e. The van der Waals surface area contributed by atoms with Crippen molar-refractivity contribution >= 4 is 29.1 Å². The first-order chi connectivity index (χ1) is 8.19. The lowest BCUT2D eigenvalue weighted by molar-refractivity contribution is 0.0700. The van der Waals surface area contributed by atoms with Gasteiger partial charge in [-0.05, 0) is 12.3 Å². The van der Waals surface area contributed by atoms with Gasteiger partial charge in [-0.2, -0.15) is 0 Å². The van der Waals surface area contributed by atoms with Crippen LogP contribution in [0.5, 0.6) is 0 Å². The molecule has 0 atom stereocenters. The number of carbonyl (C=O) groups is 1. The van der Waals surface area contributed by atoms with Crippen molar-refractivity contribution in [3.05, 3.63) is 15.6 Å². The van der Waals surface area contributed by atoms with E-state index < -0.39 is 5.97 Å². The Morgan fingerprint density at radius 3 is 2.50 bits per heavy atom. The highest BCUT2D eigenvalue weighted by Crippen LogP contribution is 2.30. The summed E-state index contributed by atoms with van der Waals surface area (Å²) in [5.41, 5.74) is 0.743.